The van der Waals surface area contributed by atoms with Crippen LogP contribution in [0.1, 0.15) is 75.3 Å². The zero-order chi connectivity index (χ0) is 31.3. The van der Waals surface area contributed by atoms with Gasteiger partial charge in [0.2, 0.25) is 0 Å². The number of nitrogens with zero attached hydrogens (tertiary/aromatic N) is 6. The van der Waals surface area contributed by atoms with E-state index in [0.717, 1.165) is 11.1 Å². The van der Waals surface area contributed by atoms with E-state index >= 15 is 4.39 Å². The molecule has 7 rings (SSSR count). The molecule has 0 saturated heterocycles. The molecule has 2 N–H and O–H groups in total. The van der Waals surface area contributed by atoms with Crippen molar-refractivity contribution in [3.63, 3.8) is 0 Å². The maximum Gasteiger partial charge on any atom is 0.387 e. The van der Waals surface area contributed by atoms with Crippen LogP contribution in [0.15, 0.2) is 42.9 Å². The third kappa shape index (κ3) is 3.65. The maximum atomic E-state index is 15.5. The second kappa shape index (κ2) is 8.50. The summed E-state index contributed by atoms with van der Waals surface area (Å²) < 4.78 is 72.9. The van der Waals surface area contributed by atoms with Gasteiger partial charge < -0.3 is 15.4 Å². The van der Waals surface area contributed by atoms with Gasteiger partial charge in [-0.15, -0.1) is 0 Å². The van der Waals surface area contributed by atoms with Crippen molar-refractivity contribution in [2.75, 3.05) is 6.98 Å². The summed E-state index contributed by atoms with van der Waals surface area (Å²) in [6, 6.07) is 6.77. The second-order valence-corrected chi connectivity index (χ2v) is 11.2. The van der Waals surface area contributed by atoms with Crippen molar-refractivity contribution in [2.24, 2.45) is 11.1 Å². The quantitative estimate of drug-likeness (QED) is 0.384. The molecule has 41 heavy (non-hydrogen) atoms. The van der Waals surface area contributed by atoms with E-state index in [9.17, 15) is 18.8 Å². The van der Waals surface area contributed by atoms with Crippen LogP contribution in [0.25, 0.3) is 16.6 Å². The van der Waals surface area contributed by atoms with Crippen LogP contribution in [0.3, 0.4) is 0 Å². The smallest absolute Gasteiger partial charge is 0.387 e. The first-order valence-corrected chi connectivity index (χ1v) is 12.9. The lowest BCUT2D eigenvalue weighted by molar-refractivity contribution is -0.0505. The minimum atomic E-state index is -3.19. The Labute approximate surface area is 236 Å². The molecular formula is C29H24F3N7O2. The number of aromatic nitrogens is 4. The average Bonchev–Trinajstić information content (AvgIpc) is 3.43. The third-order valence-corrected chi connectivity index (χ3v) is 8.39. The third-order valence-electron chi connectivity index (χ3n) is 8.39. The van der Waals surface area contributed by atoms with Crippen molar-refractivity contribution in [1.82, 2.24) is 24.5 Å². The Bertz CT molecular complexity index is 1900. The van der Waals surface area contributed by atoms with E-state index in [4.69, 9.17) is 14.6 Å². The van der Waals surface area contributed by atoms with E-state index in [2.05, 4.69) is 21.1 Å². The van der Waals surface area contributed by atoms with Crippen molar-refractivity contribution in [2.45, 2.75) is 50.3 Å². The first kappa shape index (κ1) is 22.2. The summed E-state index contributed by atoms with van der Waals surface area (Å²) in [5.41, 5.74) is 6.60. The molecule has 2 aliphatic carbocycles. The normalized spacial score (nSPS) is 27.8. The molecule has 1 saturated carbocycles. The largest absolute Gasteiger partial charge is 0.434 e. The molecule has 1 aliphatic heterocycles. The Morgan fingerprint density at radius 3 is 2.68 bits per heavy atom. The zero-order valence-corrected chi connectivity index (χ0v) is 21.6. The van der Waals surface area contributed by atoms with Gasteiger partial charge in [0, 0.05) is 57.2 Å². The molecule has 1 fully saturated rings. The number of halogens is 3. The average molecular weight is 563 g/mol. The molecule has 0 radical (unpaired) electrons. The number of carbonyl (C=O) groups excluding carboxylic acids is 1. The number of rotatable bonds is 4. The lowest BCUT2D eigenvalue weighted by Crippen LogP contribution is -2.54. The van der Waals surface area contributed by atoms with Crippen molar-refractivity contribution in [3.05, 3.63) is 76.9 Å². The number of amides is 1. The van der Waals surface area contributed by atoms with Gasteiger partial charge in [0.05, 0.1) is 40.5 Å². The standard InChI is InChI=1S/C29H24F3N7O2/c1-28(13-33)11-29(34,12-28)26-35-8-14(9-36-26)16-6-19-23-17-7-20(24(23)37-39(19)10-18(16)30)38(2)25(40)15-4-3-5-21(22(15)17)41-27(31)32/h3-6,8-10,17,20,27H,7,11-12,34H2,1-2H3/t17-,20-,28?,29?/m1/s1/i2D3. The fourth-order valence-corrected chi connectivity index (χ4v) is 6.73. The molecule has 0 spiro atoms. The highest BCUT2D eigenvalue weighted by atomic mass is 19.3. The monoisotopic (exact) mass is 562 g/mol. The summed E-state index contributed by atoms with van der Waals surface area (Å²) in [5, 5.41) is 13.8. The minimum absolute atomic E-state index is 0.0552. The van der Waals surface area contributed by atoms with E-state index in [1.54, 1.807) is 0 Å². The minimum Gasteiger partial charge on any atom is -0.434 e. The van der Waals surface area contributed by atoms with Crippen LogP contribution >= 0.6 is 0 Å². The van der Waals surface area contributed by atoms with Gasteiger partial charge in [-0.1, -0.05) is 6.07 Å². The molecule has 0 unspecified atom stereocenters. The van der Waals surface area contributed by atoms with Gasteiger partial charge in [0.25, 0.3) is 5.91 Å². The van der Waals surface area contributed by atoms with Gasteiger partial charge in [0.15, 0.2) is 0 Å². The fourth-order valence-electron chi connectivity index (χ4n) is 6.73. The van der Waals surface area contributed by atoms with E-state index in [1.165, 1.54) is 41.2 Å². The van der Waals surface area contributed by atoms with Crippen LogP contribution in [0.5, 0.6) is 5.75 Å². The van der Waals surface area contributed by atoms with Crippen LogP contribution in [0.4, 0.5) is 13.2 Å². The van der Waals surface area contributed by atoms with E-state index in [0.29, 0.717) is 35.3 Å². The Hall–Kier alpha value is -4.50. The topological polar surface area (TPSA) is 122 Å². The zero-order valence-electron chi connectivity index (χ0n) is 24.6. The fraction of sp³-hybridized carbons (Fsp3) is 0.345. The summed E-state index contributed by atoms with van der Waals surface area (Å²) in [7, 11) is 0. The number of ether oxygens (including phenoxy) is 1. The Morgan fingerprint density at radius 2 is 2.00 bits per heavy atom. The molecule has 12 heteroatoms. The second-order valence-electron chi connectivity index (χ2n) is 11.2. The highest BCUT2D eigenvalue weighted by molar-refractivity contribution is 5.98. The van der Waals surface area contributed by atoms with Crippen molar-refractivity contribution >= 4 is 11.4 Å². The molecular weight excluding hydrogens is 535 g/mol. The Balaban J connectivity index is 1.37. The summed E-state index contributed by atoms with van der Waals surface area (Å²) in [5.74, 6) is -2.20. The molecule has 1 aromatic carbocycles. The molecule has 4 heterocycles. The van der Waals surface area contributed by atoms with E-state index in [-0.39, 0.29) is 34.6 Å². The number of hydrogen-bond donors (Lipinski definition) is 1. The summed E-state index contributed by atoms with van der Waals surface area (Å²) in [4.78, 5) is 23.1. The van der Waals surface area contributed by atoms with Crippen LogP contribution in [0, 0.1) is 22.6 Å². The number of fused-ring (bicyclic) bond motifs is 9. The van der Waals surface area contributed by atoms with Gasteiger partial charge in [0.1, 0.15) is 17.4 Å². The lowest BCUT2D eigenvalue weighted by atomic mass is 9.59. The Kier molecular flexibility index (Phi) is 4.61. The van der Waals surface area contributed by atoms with Crippen LogP contribution in [-0.4, -0.2) is 44.0 Å². The van der Waals surface area contributed by atoms with Crippen LogP contribution < -0.4 is 10.5 Å². The molecule has 4 aromatic rings. The number of nitriles is 1. The lowest BCUT2D eigenvalue weighted by Gasteiger charge is -2.47. The van der Waals surface area contributed by atoms with E-state index < -0.39 is 48.2 Å². The highest BCUT2D eigenvalue weighted by Crippen LogP contribution is 2.54. The number of nitrogens with two attached hydrogens (primary N) is 1. The van der Waals surface area contributed by atoms with Gasteiger partial charge in [-0.05, 0) is 44.4 Å². The van der Waals surface area contributed by atoms with Gasteiger partial charge in [-0.25, -0.2) is 18.9 Å². The molecule has 1 amide bonds. The van der Waals surface area contributed by atoms with Crippen molar-refractivity contribution in [3.8, 4) is 22.9 Å². The number of benzene rings is 1. The van der Waals surface area contributed by atoms with Gasteiger partial charge in [-0.2, -0.15) is 19.1 Å². The summed E-state index contributed by atoms with van der Waals surface area (Å²) >= 11 is 0. The van der Waals surface area contributed by atoms with Crippen LogP contribution in [-0.2, 0) is 5.54 Å². The molecule has 208 valence electrons. The molecule has 2 bridgehead atoms. The molecule has 3 aromatic heterocycles. The molecule has 2 atom stereocenters. The number of pyridine rings is 1. The van der Waals surface area contributed by atoms with Gasteiger partial charge in [-0.3, -0.25) is 4.79 Å². The first-order valence-electron chi connectivity index (χ1n) is 14.4. The number of carbonyl (C=O) groups is 1. The molecule has 9 nitrogen and oxygen atoms in total. The van der Waals surface area contributed by atoms with Crippen molar-refractivity contribution in [1.29, 1.82) is 5.26 Å². The van der Waals surface area contributed by atoms with Crippen molar-refractivity contribution < 1.29 is 26.8 Å². The Morgan fingerprint density at radius 1 is 1.24 bits per heavy atom. The van der Waals surface area contributed by atoms with Gasteiger partial charge >= 0.3 is 6.61 Å². The van der Waals surface area contributed by atoms with Crippen LogP contribution in [0.2, 0.25) is 0 Å². The summed E-state index contributed by atoms with van der Waals surface area (Å²) in [6.07, 6.45) is 4.82. The predicted octanol–water partition coefficient (Wildman–Crippen LogP) is 4.67. The summed E-state index contributed by atoms with van der Waals surface area (Å²) in [6.45, 7) is -4.26. The number of alkyl halides is 2. The predicted molar refractivity (Wildman–Crippen MR) is 139 cm³/mol. The SMILES string of the molecule is [2H]C([2H])([2H])N1C(=O)c2cccc(OC(F)F)c2[C@H]2C[C@@H]1c1nn3cc(F)c(-c4cnc(C5(N)CC(C)(C#N)C5)nc4)cc3c12. The number of hydrogen-bond acceptors (Lipinski definition) is 7. The van der Waals surface area contributed by atoms with E-state index in [1.807, 2.05) is 6.92 Å². The maximum absolute atomic E-state index is 15.5. The molecule has 3 aliphatic rings. The first-order chi connectivity index (χ1) is 20.7. The highest BCUT2D eigenvalue weighted by Gasteiger charge is 2.53.